The Morgan fingerprint density at radius 3 is 2.30 bits per heavy atom. The molecule has 2 aromatic rings. The molecule has 0 bridgehead atoms. The van der Waals surface area contributed by atoms with E-state index in [-0.39, 0.29) is 42.3 Å². The van der Waals surface area contributed by atoms with E-state index < -0.39 is 16.0 Å². The highest BCUT2D eigenvalue weighted by molar-refractivity contribution is 7.89. The zero-order chi connectivity index (χ0) is 24.0. The minimum absolute atomic E-state index is 0.0442. The Morgan fingerprint density at radius 2 is 1.70 bits per heavy atom. The predicted octanol–water partition coefficient (Wildman–Crippen LogP) is 4.31. The summed E-state index contributed by atoms with van der Waals surface area (Å²) in [5.74, 6) is -1.11. The van der Waals surface area contributed by atoms with E-state index in [1.165, 1.54) is 12.1 Å². The first-order valence-corrected chi connectivity index (χ1v) is 12.9. The van der Waals surface area contributed by atoms with Crippen LogP contribution in [0.15, 0.2) is 53.4 Å². The van der Waals surface area contributed by atoms with E-state index in [0.717, 1.165) is 31.2 Å². The molecular weight excluding hydrogens is 464 g/mol. The zero-order valence-corrected chi connectivity index (χ0v) is 20.1. The van der Waals surface area contributed by atoms with Crippen molar-refractivity contribution in [2.75, 3.05) is 6.54 Å². The standard InChI is InChI=1S/C24H29ClN2O5S/c1-17-4-2-3-5-22(17)27(33(31,32)21-12-10-20(25)11-13-21)16-18-6-8-19(9-7-18)24(30)26-15-14-23(28)29/h6-13,17,22H,2-5,14-16H2,1H3,(H,26,30)(H,28,29). The van der Waals surface area contributed by atoms with Gasteiger partial charge in [-0.05, 0) is 60.7 Å². The predicted molar refractivity (Wildman–Crippen MR) is 127 cm³/mol. The van der Waals surface area contributed by atoms with Gasteiger partial charge in [0.05, 0.1) is 11.3 Å². The summed E-state index contributed by atoms with van der Waals surface area (Å²) in [6, 6.07) is 12.8. The maximum atomic E-state index is 13.6. The molecule has 1 aliphatic rings. The van der Waals surface area contributed by atoms with Crippen molar-refractivity contribution in [3.05, 3.63) is 64.7 Å². The summed E-state index contributed by atoms with van der Waals surface area (Å²) in [7, 11) is -3.76. The van der Waals surface area contributed by atoms with Crippen molar-refractivity contribution < 1.29 is 23.1 Å². The third kappa shape index (κ3) is 6.56. The second-order valence-corrected chi connectivity index (χ2v) is 10.8. The van der Waals surface area contributed by atoms with Gasteiger partial charge in [0.2, 0.25) is 10.0 Å². The number of carboxylic acid groups (broad SMARTS) is 1. The van der Waals surface area contributed by atoms with Crippen molar-refractivity contribution in [3.8, 4) is 0 Å². The maximum absolute atomic E-state index is 13.6. The first kappa shape index (κ1) is 25.2. The van der Waals surface area contributed by atoms with Gasteiger partial charge in [0, 0.05) is 29.7 Å². The van der Waals surface area contributed by atoms with Crippen LogP contribution in [0.3, 0.4) is 0 Å². The highest BCUT2D eigenvalue weighted by Gasteiger charge is 2.36. The van der Waals surface area contributed by atoms with Crippen LogP contribution >= 0.6 is 11.6 Å². The number of carbonyl (C=O) groups is 2. The second-order valence-electron chi connectivity index (χ2n) is 8.43. The molecule has 1 saturated carbocycles. The summed E-state index contributed by atoms with van der Waals surface area (Å²) in [4.78, 5) is 23.0. The number of hydrogen-bond donors (Lipinski definition) is 2. The van der Waals surface area contributed by atoms with Gasteiger partial charge in [-0.3, -0.25) is 9.59 Å². The number of nitrogens with one attached hydrogen (secondary N) is 1. The molecule has 9 heteroatoms. The molecular formula is C24H29ClN2O5S. The normalized spacial score (nSPS) is 18.8. The number of halogens is 1. The van der Waals surface area contributed by atoms with Crippen LogP contribution in [0.25, 0.3) is 0 Å². The van der Waals surface area contributed by atoms with E-state index in [1.807, 2.05) is 0 Å². The molecule has 2 unspecified atom stereocenters. The van der Waals surface area contributed by atoms with Crippen molar-refractivity contribution in [2.24, 2.45) is 5.92 Å². The lowest BCUT2D eigenvalue weighted by Gasteiger charge is -2.37. The summed E-state index contributed by atoms with van der Waals surface area (Å²) < 4.78 is 28.8. The van der Waals surface area contributed by atoms with E-state index in [9.17, 15) is 18.0 Å². The van der Waals surface area contributed by atoms with E-state index in [4.69, 9.17) is 16.7 Å². The van der Waals surface area contributed by atoms with Gasteiger partial charge in [0.1, 0.15) is 0 Å². The fraction of sp³-hybridized carbons (Fsp3) is 0.417. The molecule has 0 radical (unpaired) electrons. The molecule has 2 atom stereocenters. The molecule has 2 aromatic carbocycles. The fourth-order valence-corrected chi connectivity index (χ4v) is 6.04. The van der Waals surface area contributed by atoms with E-state index >= 15 is 0 Å². The first-order valence-electron chi connectivity index (χ1n) is 11.0. The van der Waals surface area contributed by atoms with E-state index in [0.29, 0.717) is 10.6 Å². The quantitative estimate of drug-likeness (QED) is 0.542. The SMILES string of the molecule is CC1CCCCC1N(Cc1ccc(C(=O)NCCC(=O)O)cc1)S(=O)(=O)c1ccc(Cl)cc1. The van der Waals surface area contributed by atoms with Gasteiger partial charge in [-0.2, -0.15) is 4.31 Å². The second kappa shape index (κ2) is 11.1. The number of carbonyl (C=O) groups excluding carboxylic acids is 1. The molecule has 0 aromatic heterocycles. The van der Waals surface area contributed by atoms with Crippen LogP contribution in [0, 0.1) is 5.92 Å². The molecule has 0 aliphatic heterocycles. The summed E-state index contributed by atoms with van der Waals surface area (Å²) >= 11 is 5.96. The van der Waals surface area contributed by atoms with Crippen LogP contribution in [-0.2, 0) is 21.4 Å². The summed E-state index contributed by atoms with van der Waals surface area (Å²) in [5, 5.41) is 11.7. The van der Waals surface area contributed by atoms with E-state index in [2.05, 4.69) is 12.2 Å². The Balaban J connectivity index is 1.82. The number of aliphatic carboxylic acids is 1. The Labute approximate surface area is 199 Å². The summed E-state index contributed by atoms with van der Waals surface area (Å²) in [5.41, 5.74) is 1.16. The topological polar surface area (TPSA) is 104 Å². The molecule has 178 valence electrons. The third-order valence-corrected chi connectivity index (χ3v) is 8.17. The number of nitrogens with zero attached hydrogens (tertiary/aromatic N) is 1. The van der Waals surface area contributed by atoms with Crippen LogP contribution in [0.4, 0.5) is 0 Å². The molecule has 33 heavy (non-hydrogen) atoms. The molecule has 0 heterocycles. The molecule has 1 amide bonds. The van der Waals surface area contributed by atoms with Gasteiger partial charge < -0.3 is 10.4 Å². The molecule has 0 spiro atoms. The van der Waals surface area contributed by atoms with Crippen LogP contribution in [-0.4, -0.2) is 42.3 Å². The van der Waals surface area contributed by atoms with Crippen molar-refractivity contribution >= 4 is 33.5 Å². The molecule has 2 N–H and O–H groups in total. The van der Waals surface area contributed by atoms with Crippen LogP contribution in [0.2, 0.25) is 5.02 Å². The van der Waals surface area contributed by atoms with Crippen molar-refractivity contribution in [2.45, 2.75) is 56.5 Å². The number of rotatable bonds is 9. The number of carboxylic acids is 1. The number of amides is 1. The first-order chi connectivity index (χ1) is 15.7. The largest absolute Gasteiger partial charge is 0.481 e. The van der Waals surface area contributed by atoms with Crippen LogP contribution in [0.5, 0.6) is 0 Å². The van der Waals surface area contributed by atoms with E-state index in [1.54, 1.807) is 40.7 Å². The third-order valence-electron chi connectivity index (χ3n) is 6.04. The Bertz CT molecular complexity index is 1070. The summed E-state index contributed by atoms with van der Waals surface area (Å²) in [6.45, 7) is 2.34. The number of hydrogen-bond acceptors (Lipinski definition) is 4. The Kier molecular flexibility index (Phi) is 8.51. The average molecular weight is 493 g/mol. The highest BCUT2D eigenvalue weighted by atomic mass is 35.5. The minimum Gasteiger partial charge on any atom is -0.481 e. The lowest BCUT2D eigenvalue weighted by molar-refractivity contribution is -0.136. The van der Waals surface area contributed by atoms with Gasteiger partial charge in [0.15, 0.2) is 0 Å². The fourth-order valence-electron chi connectivity index (χ4n) is 4.17. The molecule has 1 fully saturated rings. The maximum Gasteiger partial charge on any atom is 0.305 e. The lowest BCUT2D eigenvalue weighted by Crippen LogP contribution is -2.44. The van der Waals surface area contributed by atoms with Gasteiger partial charge in [-0.15, -0.1) is 0 Å². The van der Waals surface area contributed by atoms with Crippen molar-refractivity contribution in [1.29, 1.82) is 0 Å². The van der Waals surface area contributed by atoms with Gasteiger partial charge in [0.25, 0.3) is 5.91 Å². The zero-order valence-electron chi connectivity index (χ0n) is 18.5. The smallest absolute Gasteiger partial charge is 0.305 e. The minimum atomic E-state index is -3.76. The van der Waals surface area contributed by atoms with Crippen LogP contribution in [0.1, 0.15) is 54.9 Å². The Morgan fingerprint density at radius 1 is 1.06 bits per heavy atom. The number of sulfonamides is 1. The van der Waals surface area contributed by atoms with Crippen molar-refractivity contribution in [1.82, 2.24) is 9.62 Å². The Hall–Kier alpha value is -2.42. The highest BCUT2D eigenvalue weighted by Crippen LogP contribution is 2.33. The van der Waals surface area contributed by atoms with Crippen molar-refractivity contribution in [3.63, 3.8) is 0 Å². The molecule has 3 rings (SSSR count). The van der Waals surface area contributed by atoms with Gasteiger partial charge in [-0.25, -0.2) is 8.42 Å². The number of benzene rings is 2. The van der Waals surface area contributed by atoms with Crippen LogP contribution < -0.4 is 5.32 Å². The van der Waals surface area contributed by atoms with Gasteiger partial charge in [-0.1, -0.05) is 43.5 Å². The molecule has 1 aliphatic carbocycles. The molecule has 0 saturated heterocycles. The lowest BCUT2D eigenvalue weighted by atomic mass is 9.86. The average Bonchev–Trinajstić information content (AvgIpc) is 2.78. The van der Waals surface area contributed by atoms with Gasteiger partial charge >= 0.3 is 5.97 Å². The molecule has 7 nitrogen and oxygen atoms in total. The monoisotopic (exact) mass is 492 g/mol. The summed E-state index contributed by atoms with van der Waals surface area (Å²) in [6.07, 6.45) is 3.71.